The van der Waals surface area contributed by atoms with Gasteiger partial charge in [-0.05, 0) is 31.2 Å². The number of ether oxygens (including phenoxy) is 1. The van der Waals surface area contributed by atoms with Crippen molar-refractivity contribution < 1.29 is 4.74 Å². The van der Waals surface area contributed by atoms with Crippen LogP contribution in [-0.2, 0) is 16.8 Å². The zero-order valence-corrected chi connectivity index (χ0v) is 9.82. The summed E-state index contributed by atoms with van der Waals surface area (Å²) < 4.78 is 6.76. The van der Waals surface area contributed by atoms with Crippen LogP contribution in [-0.4, -0.2) is 40.5 Å². The van der Waals surface area contributed by atoms with Crippen LogP contribution >= 0.6 is 0 Å². The highest BCUT2D eigenvalue weighted by molar-refractivity contribution is 4.86. The summed E-state index contributed by atoms with van der Waals surface area (Å²) in [6.45, 7) is 8.37. The van der Waals surface area contributed by atoms with Gasteiger partial charge in [0.05, 0.1) is 18.7 Å². The number of aromatic nitrogens is 4. The zero-order valence-electron chi connectivity index (χ0n) is 9.82. The average Bonchev–Trinajstić information content (AvgIpc) is 2.59. The van der Waals surface area contributed by atoms with E-state index in [0.717, 1.165) is 12.4 Å². The third-order valence-electron chi connectivity index (χ3n) is 1.94. The lowest BCUT2D eigenvalue weighted by Crippen LogP contribution is -2.29. The highest BCUT2D eigenvalue weighted by atomic mass is 16.5. The van der Waals surface area contributed by atoms with Gasteiger partial charge in [-0.1, -0.05) is 0 Å². The van der Waals surface area contributed by atoms with Crippen LogP contribution in [0.3, 0.4) is 0 Å². The minimum absolute atomic E-state index is 0.0816. The van der Waals surface area contributed by atoms with Gasteiger partial charge in [0, 0.05) is 13.7 Å². The van der Waals surface area contributed by atoms with Gasteiger partial charge in [0.25, 0.3) is 0 Å². The smallest absolute Gasteiger partial charge is 0.165 e. The maximum atomic E-state index is 4.94. The number of hydrogen-bond donors (Lipinski definition) is 1. The molecular weight excluding hydrogens is 194 g/mol. The minimum atomic E-state index is -0.0816. The van der Waals surface area contributed by atoms with Crippen LogP contribution in [0.1, 0.15) is 26.6 Å². The van der Waals surface area contributed by atoms with Gasteiger partial charge in [-0.15, -0.1) is 5.10 Å². The van der Waals surface area contributed by atoms with Crippen LogP contribution in [0.2, 0.25) is 0 Å². The number of hydrogen-bond acceptors (Lipinski definition) is 5. The molecule has 6 nitrogen and oxygen atoms in total. The molecule has 0 spiro atoms. The van der Waals surface area contributed by atoms with Crippen LogP contribution < -0.4 is 5.32 Å². The summed E-state index contributed by atoms with van der Waals surface area (Å²) in [6, 6.07) is 0. The highest BCUT2D eigenvalue weighted by Crippen LogP contribution is 2.12. The maximum absolute atomic E-state index is 4.94. The molecule has 0 bridgehead atoms. The summed E-state index contributed by atoms with van der Waals surface area (Å²) in [6.07, 6.45) is 0. The van der Waals surface area contributed by atoms with E-state index >= 15 is 0 Å². The fourth-order valence-electron chi connectivity index (χ4n) is 1.21. The van der Waals surface area contributed by atoms with Crippen molar-refractivity contribution in [2.75, 3.05) is 20.3 Å². The molecule has 0 atom stereocenters. The summed E-state index contributed by atoms with van der Waals surface area (Å²) in [4.78, 5) is 0. The second-order valence-electron chi connectivity index (χ2n) is 4.35. The molecule has 1 aromatic rings. The first-order valence-electron chi connectivity index (χ1n) is 5.03. The lowest BCUT2D eigenvalue weighted by Gasteiger charge is -2.19. The Morgan fingerprint density at radius 1 is 1.40 bits per heavy atom. The number of tetrazole rings is 1. The second kappa shape index (κ2) is 5.18. The molecule has 0 amide bonds. The Morgan fingerprint density at radius 3 is 2.73 bits per heavy atom. The number of nitrogens with zero attached hydrogens (tertiary/aromatic N) is 4. The molecule has 0 fully saturated rings. The number of rotatable bonds is 5. The van der Waals surface area contributed by atoms with Crippen LogP contribution in [0.5, 0.6) is 0 Å². The van der Waals surface area contributed by atoms with Gasteiger partial charge in [0.2, 0.25) is 0 Å². The first-order valence-corrected chi connectivity index (χ1v) is 5.03. The van der Waals surface area contributed by atoms with Gasteiger partial charge >= 0.3 is 0 Å². The Kier molecular flexibility index (Phi) is 4.16. The molecule has 86 valence electrons. The molecule has 0 radical (unpaired) electrons. The zero-order chi connectivity index (χ0) is 11.3. The van der Waals surface area contributed by atoms with E-state index in [0.29, 0.717) is 13.2 Å². The van der Waals surface area contributed by atoms with Crippen molar-refractivity contribution in [1.82, 2.24) is 25.5 Å². The predicted octanol–water partition coefficient (Wildman–Crippen LogP) is 0.164. The van der Waals surface area contributed by atoms with Gasteiger partial charge in [-0.2, -0.15) is 0 Å². The van der Waals surface area contributed by atoms with Gasteiger partial charge in [0.15, 0.2) is 5.82 Å². The summed E-state index contributed by atoms with van der Waals surface area (Å²) in [5, 5.41) is 14.8. The third kappa shape index (κ3) is 3.56. The highest BCUT2D eigenvalue weighted by Gasteiger charge is 2.18. The van der Waals surface area contributed by atoms with Crippen molar-refractivity contribution in [2.24, 2.45) is 0 Å². The van der Waals surface area contributed by atoms with E-state index in [4.69, 9.17) is 4.74 Å². The maximum Gasteiger partial charge on any atom is 0.165 e. The number of nitrogens with one attached hydrogen (secondary N) is 1. The topological polar surface area (TPSA) is 64.9 Å². The largest absolute Gasteiger partial charge is 0.383 e. The van der Waals surface area contributed by atoms with Crippen molar-refractivity contribution in [3.63, 3.8) is 0 Å². The van der Waals surface area contributed by atoms with Crippen molar-refractivity contribution >= 4 is 0 Å². The quantitative estimate of drug-likeness (QED) is 0.706. The molecule has 0 saturated carbocycles. The van der Waals surface area contributed by atoms with Crippen LogP contribution in [0, 0.1) is 0 Å². The van der Waals surface area contributed by atoms with Crippen LogP contribution in [0.25, 0.3) is 0 Å². The van der Waals surface area contributed by atoms with E-state index < -0.39 is 0 Å². The van der Waals surface area contributed by atoms with Gasteiger partial charge < -0.3 is 10.1 Å². The molecule has 0 aromatic carbocycles. The molecule has 15 heavy (non-hydrogen) atoms. The van der Waals surface area contributed by atoms with Crippen LogP contribution in [0.15, 0.2) is 0 Å². The Hall–Kier alpha value is -1.01. The molecule has 1 N–H and O–H groups in total. The molecule has 0 aliphatic rings. The molecule has 6 heteroatoms. The molecule has 0 saturated heterocycles. The second-order valence-corrected chi connectivity index (χ2v) is 4.35. The van der Waals surface area contributed by atoms with E-state index in [1.807, 2.05) is 4.68 Å². The Labute approximate surface area is 90.0 Å². The lowest BCUT2D eigenvalue weighted by atomic mass is 10.1. The standard InChI is InChI=1S/C9H19N5O/c1-9(2,3)14-8(11-12-13-14)7-10-5-6-15-4/h10H,5-7H2,1-4H3. The van der Waals surface area contributed by atoms with E-state index in [-0.39, 0.29) is 5.54 Å². The predicted molar refractivity (Wildman–Crippen MR) is 56.4 cm³/mol. The molecule has 1 rings (SSSR count). The molecule has 0 aliphatic carbocycles. The van der Waals surface area contributed by atoms with Crippen molar-refractivity contribution in [1.29, 1.82) is 0 Å². The Morgan fingerprint density at radius 2 is 2.13 bits per heavy atom. The molecule has 0 aliphatic heterocycles. The van der Waals surface area contributed by atoms with Crippen molar-refractivity contribution in [3.8, 4) is 0 Å². The summed E-state index contributed by atoms with van der Waals surface area (Å²) in [5.74, 6) is 0.846. The summed E-state index contributed by atoms with van der Waals surface area (Å²) in [7, 11) is 1.68. The van der Waals surface area contributed by atoms with Gasteiger partial charge in [0.1, 0.15) is 0 Å². The van der Waals surface area contributed by atoms with Gasteiger partial charge in [-0.25, -0.2) is 4.68 Å². The third-order valence-corrected chi connectivity index (χ3v) is 1.94. The Balaban J connectivity index is 2.51. The summed E-state index contributed by atoms with van der Waals surface area (Å²) >= 11 is 0. The van der Waals surface area contributed by atoms with E-state index in [1.165, 1.54) is 0 Å². The van der Waals surface area contributed by atoms with E-state index in [1.54, 1.807) is 7.11 Å². The molecule has 0 unspecified atom stereocenters. The summed E-state index contributed by atoms with van der Waals surface area (Å²) in [5.41, 5.74) is -0.0816. The van der Waals surface area contributed by atoms with Crippen LogP contribution in [0.4, 0.5) is 0 Å². The SMILES string of the molecule is COCCNCc1nnnn1C(C)(C)C. The lowest BCUT2D eigenvalue weighted by molar-refractivity contribution is 0.198. The van der Waals surface area contributed by atoms with Gasteiger partial charge in [-0.3, -0.25) is 0 Å². The first-order chi connectivity index (χ1) is 7.05. The molecular formula is C9H19N5O. The first kappa shape index (κ1) is 12.1. The van der Waals surface area contributed by atoms with E-state index in [2.05, 4.69) is 41.6 Å². The monoisotopic (exact) mass is 213 g/mol. The van der Waals surface area contributed by atoms with Crippen molar-refractivity contribution in [2.45, 2.75) is 32.9 Å². The Bertz CT molecular complexity index is 291. The van der Waals surface area contributed by atoms with Crippen molar-refractivity contribution in [3.05, 3.63) is 5.82 Å². The van der Waals surface area contributed by atoms with E-state index in [9.17, 15) is 0 Å². The average molecular weight is 213 g/mol. The fourth-order valence-corrected chi connectivity index (χ4v) is 1.21. The molecule has 1 aromatic heterocycles. The minimum Gasteiger partial charge on any atom is -0.383 e. The number of methoxy groups -OCH3 is 1. The normalized spacial score (nSPS) is 12.0. The molecule has 1 heterocycles. The fraction of sp³-hybridized carbons (Fsp3) is 0.889.